The molecule has 0 fully saturated rings. The molecule has 10 heteroatoms. The molecule has 38 heavy (non-hydrogen) atoms. The summed E-state index contributed by atoms with van der Waals surface area (Å²) in [5.41, 5.74) is 4.63. The van der Waals surface area contributed by atoms with Gasteiger partial charge >= 0.3 is 0 Å². The Balaban J connectivity index is 1.60. The number of carbonyl (C=O) groups is 2. The van der Waals surface area contributed by atoms with Gasteiger partial charge in [-0.05, 0) is 56.6 Å². The van der Waals surface area contributed by atoms with Crippen molar-refractivity contribution in [2.24, 2.45) is 0 Å². The van der Waals surface area contributed by atoms with Crippen LogP contribution in [0.15, 0.2) is 67.0 Å². The first kappa shape index (κ1) is 25.3. The Morgan fingerprint density at radius 2 is 1.76 bits per heavy atom. The fraction of sp³-hybridized carbons (Fsp3) is 0.143. The summed E-state index contributed by atoms with van der Waals surface area (Å²) >= 11 is 6.15. The second-order valence-electron chi connectivity index (χ2n) is 9.14. The minimum atomic E-state index is -0.582. The molecule has 1 aromatic heterocycles. The molecule has 5 rings (SSSR count). The third kappa shape index (κ3) is 4.93. The van der Waals surface area contributed by atoms with Crippen molar-refractivity contribution in [2.75, 3.05) is 43.2 Å². The molecule has 0 radical (unpaired) electrons. The molecule has 8 nitrogen and oxygen atoms in total. The molecule has 4 aromatic rings. The predicted molar refractivity (Wildman–Crippen MR) is 148 cm³/mol. The second kappa shape index (κ2) is 10.2. The molecule has 2 N–H and O–H groups in total. The van der Waals surface area contributed by atoms with Crippen LogP contribution in [0.4, 0.5) is 21.5 Å². The third-order valence-electron chi connectivity index (χ3n) is 6.14. The van der Waals surface area contributed by atoms with E-state index in [0.29, 0.717) is 49.8 Å². The molecule has 2 heterocycles. The predicted octanol–water partition coefficient (Wildman–Crippen LogP) is 4.88. The summed E-state index contributed by atoms with van der Waals surface area (Å²) in [6.07, 6.45) is 3.20. The Morgan fingerprint density at radius 1 is 1.00 bits per heavy atom. The molecule has 0 unspecified atom stereocenters. The first-order chi connectivity index (χ1) is 18.2. The summed E-state index contributed by atoms with van der Waals surface area (Å²) in [7, 11) is 5.08. The van der Waals surface area contributed by atoms with Gasteiger partial charge in [-0.3, -0.25) is 19.6 Å². The number of amides is 2. The van der Waals surface area contributed by atoms with Gasteiger partial charge in [0.2, 0.25) is 5.91 Å². The van der Waals surface area contributed by atoms with Crippen LogP contribution in [0.2, 0.25) is 5.02 Å². The van der Waals surface area contributed by atoms with Crippen molar-refractivity contribution in [1.82, 2.24) is 14.9 Å². The van der Waals surface area contributed by atoms with E-state index in [1.165, 1.54) is 24.1 Å². The highest BCUT2D eigenvalue weighted by Crippen LogP contribution is 2.39. The number of hydrogen-bond acceptors (Lipinski definition) is 6. The summed E-state index contributed by atoms with van der Waals surface area (Å²) in [5.74, 6) is -1.15. The molecule has 2 amide bonds. The lowest BCUT2D eigenvalue weighted by Crippen LogP contribution is -2.35. The summed E-state index contributed by atoms with van der Waals surface area (Å²) < 4.78 is 15.2. The number of fused-ring (bicyclic) bond motifs is 2. The van der Waals surface area contributed by atoms with Crippen LogP contribution in [0, 0.1) is 5.82 Å². The molecular formula is C28H24ClFN6O2. The van der Waals surface area contributed by atoms with Crippen LogP contribution < -0.4 is 15.5 Å². The normalized spacial score (nSPS) is 13.9. The molecule has 0 saturated heterocycles. The SMILES string of the molecule is CN(C)CC(=O)N(C)c1ccc(NC(=C2C(=O)Nc3cc(Cl)ccc32)c2ccc3nccnc3c2)cc1F. The van der Waals surface area contributed by atoms with Crippen molar-refractivity contribution in [2.45, 2.75) is 0 Å². The molecule has 192 valence electrons. The molecule has 1 aliphatic rings. The fourth-order valence-electron chi connectivity index (χ4n) is 4.30. The molecule has 3 aromatic carbocycles. The lowest BCUT2D eigenvalue weighted by molar-refractivity contribution is -0.119. The molecule has 0 saturated carbocycles. The topological polar surface area (TPSA) is 90.5 Å². The maximum Gasteiger partial charge on any atom is 0.258 e. The number of hydrogen-bond donors (Lipinski definition) is 2. The van der Waals surface area contributed by atoms with Gasteiger partial charge in [0.05, 0.1) is 40.2 Å². The summed E-state index contributed by atoms with van der Waals surface area (Å²) in [6, 6.07) is 15.1. The average molecular weight is 531 g/mol. The van der Waals surface area contributed by atoms with Crippen LogP contribution in [0.25, 0.3) is 22.3 Å². The Morgan fingerprint density at radius 3 is 2.50 bits per heavy atom. The summed E-state index contributed by atoms with van der Waals surface area (Å²) in [6.45, 7) is 0.148. The van der Waals surface area contributed by atoms with E-state index in [4.69, 9.17) is 11.6 Å². The van der Waals surface area contributed by atoms with Gasteiger partial charge in [0.25, 0.3) is 5.91 Å². The van der Waals surface area contributed by atoms with E-state index < -0.39 is 5.82 Å². The van der Waals surface area contributed by atoms with Gasteiger partial charge in [0, 0.05) is 41.3 Å². The lowest BCUT2D eigenvalue weighted by atomic mass is 9.99. The van der Waals surface area contributed by atoms with Gasteiger partial charge < -0.3 is 20.4 Å². The number of aromatic nitrogens is 2. The van der Waals surface area contributed by atoms with E-state index in [9.17, 15) is 9.59 Å². The highest BCUT2D eigenvalue weighted by Gasteiger charge is 2.29. The summed E-state index contributed by atoms with van der Waals surface area (Å²) in [5, 5.41) is 6.59. The molecule has 0 spiro atoms. The zero-order valence-electron chi connectivity index (χ0n) is 20.9. The van der Waals surface area contributed by atoms with E-state index in [0.717, 1.165) is 0 Å². The average Bonchev–Trinajstić information content (AvgIpc) is 3.20. The van der Waals surface area contributed by atoms with Gasteiger partial charge in [0.1, 0.15) is 5.82 Å². The first-order valence-electron chi connectivity index (χ1n) is 11.8. The van der Waals surface area contributed by atoms with E-state index in [1.807, 2.05) is 18.2 Å². The smallest absolute Gasteiger partial charge is 0.258 e. The minimum Gasteiger partial charge on any atom is -0.354 e. The zero-order valence-corrected chi connectivity index (χ0v) is 21.7. The van der Waals surface area contributed by atoms with Gasteiger partial charge in [0.15, 0.2) is 0 Å². The zero-order chi connectivity index (χ0) is 27.0. The number of nitrogens with one attached hydrogen (secondary N) is 2. The minimum absolute atomic E-state index is 0.148. The number of likely N-dealkylation sites (N-methyl/N-ethyl adjacent to an activating group) is 2. The monoisotopic (exact) mass is 530 g/mol. The van der Waals surface area contributed by atoms with E-state index in [-0.39, 0.29) is 24.0 Å². The molecule has 1 aliphatic heterocycles. The third-order valence-corrected chi connectivity index (χ3v) is 6.37. The molecular weight excluding hydrogens is 507 g/mol. The van der Waals surface area contributed by atoms with Gasteiger partial charge in [-0.1, -0.05) is 23.7 Å². The van der Waals surface area contributed by atoms with Crippen LogP contribution in [0.1, 0.15) is 11.1 Å². The molecule has 0 atom stereocenters. The van der Waals surface area contributed by atoms with Crippen molar-refractivity contribution in [1.29, 1.82) is 0 Å². The second-order valence-corrected chi connectivity index (χ2v) is 9.57. The fourth-order valence-corrected chi connectivity index (χ4v) is 4.48. The van der Waals surface area contributed by atoms with Crippen molar-refractivity contribution in [3.63, 3.8) is 0 Å². The number of anilines is 3. The van der Waals surface area contributed by atoms with Crippen LogP contribution in [-0.4, -0.2) is 54.4 Å². The van der Waals surface area contributed by atoms with E-state index >= 15 is 4.39 Å². The molecule has 0 bridgehead atoms. The first-order valence-corrected chi connectivity index (χ1v) is 12.1. The number of carbonyl (C=O) groups excluding carboxylic acids is 2. The largest absolute Gasteiger partial charge is 0.354 e. The van der Waals surface area contributed by atoms with Crippen LogP contribution in [0.5, 0.6) is 0 Å². The van der Waals surface area contributed by atoms with Crippen molar-refractivity contribution in [3.05, 3.63) is 89.0 Å². The highest BCUT2D eigenvalue weighted by atomic mass is 35.5. The number of halogens is 2. The lowest BCUT2D eigenvalue weighted by Gasteiger charge is -2.21. The number of nitrogens with zero attached hydrogens (tertiary/aromatic N) is 4. The van der Waals surface area contributed by atoms with Crippen molar-refractivity contribution >= 4 is 62.8 Å². The van der Waals surface area contributed by atoms with E-state index in [1.54, 1.807) is 55.7 Å². The number of benzene rings is 3. The quantitative estimate of drug-likeness (QED) is 0.345. The van der Waals surface area contributed by atoms with E-state index in [2.05, 4.69) is 20.6 Å². The summed E-state index contributed by atoms with van der Waals surface area (Å²) in [4.78, 5) is 37.3. The molecule has 0 aliphatic carbocycles. The van der Waals surface area contributed by atoms with Crippen LogP contribution in [0.3, 0.4) is 0 Å². The van der Waals surface area contributed by atoms with Crippen molar-refractivity contribution in [3.8, 4) is 0 Å². The number of rotatable bonds is 6. The Kier molecular flexibility index (Phi) is 6.79. The Hall–Kier alpha value is -4.34. The van der Waals surface area contributed by atoms with Gasteiger partial charge in [-0.2, -0.15) is 0 Å². The van der Waals surface area contributed by atoms with Crippen LogP contribution in [-0.2, 0) is 9.59 Å². The Bertz CT molecular complexity index is 1620. The van der Waals surface area contributed by atoms with Gasteiger partial charge in [-0.15, -0.1) is 0 Å². The maximum absolute atomic E-state index is 15.2. The highest BCUT2D eigenvalue weighted by molar-refractivity contribution is 6.38. The maximum atomic E-state index is 15.2. The van der Waals surface area contributed by atoms with Crippen LogP contribution >= 0.6 is 11.6 Å². The standard InChI is InChI=1S/C28H24ClFN6O2/c1-35(2)15-25(37)36(3)24-9-6-18(14-20(24)30)33-27(16-4-8-21-23(12-16)32-11-10-31-21)26-19-7-5-17(29)13-22(19)34-28(26)38/h4-14,33H,15H2,1-3H3,(H,34,38). The van der Waals surface area contributed by atoms with Crippen molar-refractivity contribution < 1.29 is 14.0 Å². The Labute approximate surface area is 223 Å². The van der Waals surface area contributed by atoms with Gasteiger partial charge in [-0.25, -0.2) is 4.39 Å².